The number of hydrogen-bond donors (Lipinski definition) is 1. The van der Waals surface area contributed by atoms with Gasteiger partial charge in [-0.1, -0.05) is 30.3 Å². The number of nitrogens with one attached hydrogen (secondary N) is 1. The largest absolute Gasteiger partial charge is 0.497 e. The minimum Gasteiger partial charge on any atom is -0.497 e. The highest BCUT2D eigenvalue weighted by Gasteiger charge is 2.30. The van der Waals surface area contributed by atoms with Crippen molar-refractivity contribution in [3.05, 3.63) is 59.7 Å². The van der Waals surface area contributed by atoms with E-state index in [1.54, 1.807) is 14.2 Å². The van der Waals surface area contributed by atoms with E-state index >= 15 is 0 Å². The lowest BCUT2D eigenvalue weighted by molar-refractivity contribution is -0.123. The second kappa shape index (κ2) is 8.91. The summed E-state index contributed by atoms with van der Waals surface area (Å²) in [5.74, 6) is 1.69. The Bertz CT molecular complexity index is 763. The van der Waals surface area contributed by atoms with Gasteiger partial charge in [0.15, 0.2) is 0 Å². The fourth-order valence-corrected chi connectivity index (χ4v) is 3.76. The molecule has 5 nitrogen and oxygen atoms in total. The van der Waals surface area contributed by atoms with Gasteiger partial charge >= 0.3 is 0 Å². The third-order valence-electron chi connectivity index (χ3n) is 5.18. The summed E-state index contributed by atoms with van der Waals surface area (Å²) < 4.78 is 10.9. The number of benzene rings is 2. The monoisotopic (exact) mass is 368 g/mol. The van der Waals surface area contributed by atoms with Crippen LogP contribution in [0.1, 0.15) is 43.0 Å². The van der Waals surface area contributed by atoms with E-state index in [-0.39, 0.29) is 18.0 Å². The third kappa shape index (κ3) is 4.61. The molecule has 5 heteroatoms. The van der Waals surface area contributed by atoms with Gasteiger partial charge in [-0.2, -0.15) is 0 Å². The molecule has 1 heterocycles. The zero-order valence-corrected chi connectivity index (χ0v) is 16.3. The minimum atomic E-state index is -0.00823. The molecule has 1 aliphatic heterocycles. The lowest BCUT2D eigenvalue weighted by Gasteiger charge is -2.26. The average molecular weight is 368 g/mol. The molecule has 0 radical (unpaired) electrons. The van der Waals surface area contributed by atoms with Gasteiger partial charge in [-0.05, 0) is 50.1 Å². The Labute approximate surface area is 161 Å². The van der Waals surface area contributed by atoms with Crippen molar-refractivity contribution in [2.45, 2.75) is 31.8 Å². The van der Waals surface area contributed by atoms with Gasteiger partial charge in [0, 0.05) is 11.6 Å². The van der Waals surface area contributed by atoms with Crippen molar-refractivity contribution in [2.75, 3.05) is 27.3 Å². The van der Waals surface area contributed by atoms with Crippen LogP contribution in [0.2, 0.25) is 0 Å². The number of carbonyl (C=O) groups is 1. The SMILES string of the molecule is COc1ccc(OC)c(C2CCCN2CC(=O)NC(C)c2ccccc2)c1. The minimum absolute atomic E-state index is 0.00823. The molecule has 2 unspecified atom stereocenters. The standard InChI is InChI=1S/C22H28N2O3/c1-16(17-8-5-4-6-9-17)23-22(25)15-24-13-7-10-20(24)19-14-18(26-2)11-12-21(19)27-3/h4-6,8-9,11-12,14,16,20H,7,10,13,15H2,1-3H3,(H,23,25). The Hall–Kier alpha value is -2.53. The molecular formula is C22H28N2O3. The molecule has 0 saturated carbocycles. The number of hydrogen-bond acceptors (Lipinski definition) is 4. The summed E-state index contributed by atoms with van der Waals surface area (Å²) in [6.07, 6.45) is 2.07. The van der Waals surface area contributed by atoms with Gasteiger partial charge in [-0.25, -0.2) is 0 Å². The molecule has 1 saturated heterocycles. The summed E-state index contributed by atoms with van der Waals surface area (Å²) >= 11 is 0. The molecule has 2 atom stereocenters. The Morgan fingerprint density at radius 2 is 1.96 bits per heavy atom. The van der Waals surface area contributed by atoms with E-state index in [1.165, 1.54) is 0 Å². The second-order valence-electron chi connectivity index (χ2n) is 6.94. The zero-order valence-electron chi connectivity index (χ0n) is 16.3. The summed E-state index contributed by atoms with van der Waals surface area (Å²) in [6, 6.07) is 16.0. The Morgan fingerprint density at radius 3 is 2.67 bits per heavy atom. The molecule has 1 N–H and O–H groups in total. The van der Waals surface area contributed by atoms with Gasteiger partial charge in [0.2, 0.25) is 5.91 Å². The first-order valence-electron chi connectivity index (χ1n) is 9.42. The van der Waals surface area contributed by atoms with Crippen LogP contribution in [0, 0.1) is 0 Å². The van der Waals surface area contributed by atoms with Crippen molar-refractivity contribution in [3.63, 3.8) is 0 Å². The molecule has 0 aromatic heterocycles. The van der Waals surface area contributed by atoms with Crippen LogP contribution in [0.15, 0.2) is 48.5 Å². The van der Waals surface area contributed by atoms with Crippen molar-refractivity contribution in [2.24, 2.45) is 0 Å². The number of rotatable bonds is 7. The summed E-state index contributed by atoms with van der Waals surface area (Å²) in [7, 11) is 3.34. The first-order chi connectivity index (χ1) is 13.1. The van der Waals surface area contributed by atoms with Gasteiger partial charge in [0.25, 0.3) is 0 Å². The van der Waals surface area contributed by atoms with Crippen LogP contribution in [0.5, 0.6) is 11.5 Å². The molecule has 1 amide bonds. The molecule has 1 aliphatic rings. The highest BCUT2D eigenvalue weighted by atomic mass is 16.5. The summed E-state index contributed by atoms with van der Waals surface area (Å²) in [6.45, 7) is 3.29. The summed E-state index contributed by atoms with van der Waals surface area (Å²) in [4.78, 5) is 14.9. The number of likely N-dealkylation sites (tertiary alicyclic amines) is 1. The first kappa shape index (κ1) is 19.2. The number of nitrogens with zero attached hydrogens (tertiary/aromatic N) is 1. The van der Waals surface area contributed by atoms with Gasteiger partial charge in [-0.15, -0.1) is 0 Å². The topological polar surface area (TPSA) is 50.8 Å². The number of amides is 1. The molecule has 2 aromatic rings. The van der Waals surface area contributed by atoms with Gasteiger partial charge in [-0.3, -0.25) is 9.69 Å². The van der Waals surface area contributed by atoms with Crippen molar-refractivity contribution in [1.29, 1.82) is 0 Å². The molecule has 0 spiro atoms. The predicted octanol–water partition coefficient (Wildman–Crippen LogP) is 3.72. The van der Waals surface area contributed by atoms with E-state index < -0.39 is 0 Å². The predicted molar refractivity (Wildman–Crippen MR) is 106 cm³/mol. The maximum Gasteiger partial charge on any atom is 0.234 e. The van der Waals surface area contributed by atoms with Gasteiger partial charge in [0.1, 0.15) is 11.5 Å². The van der Waals surface area contributed by atoms with E-state index in [9.17, 15) is 4.79 Å². The Morgan fingerprint density at radius 1 is 1.19 bits per heavy atom. The second-order valence-corrected chi connectivity index (χ2v) is 6.94. The first-order valence-corrected chi connectivity index (χ1v) is 9.42. The molecule has 27 heavy (non-hydrogen) atoms. The Balaban J connectivity index is 1.69. The van der Waals surface area contributed by atoms with E-state index in [0.717, 1.165) is 42.0 Å². The van der Waals surface area contributed by atoms with Crippen LogP contribution in [-0.4, -0.2) is 38.1 Å². The van der Waals surface area contributed by atoms with Crippen LogP contribution in [0.25, 0.3) is 0 Å². The van der Waals surface area contributed by atoms with Crippen LogP contribution in [0.4, 0.5) is 0 Å². The van der Waals surface area contributed by atoms with Crippen molar-refractivity contribution in [1.82, 2.24) is 10.2 Å². The quantitative estimate of drug-likeness (QED) is 0.809. The van der Waals surface area contributed by atoms with Gasteiger partial charge in [0.05, 0.1) is 26.8 Å². The molecule has 0 aliphatic carbocycles. The normalized spacial score (nSPS) is 18.1. The summed E-state index contributed by atoms with van der Waals surface area (Å²) in [5, 5.41) is 3.11. The van der Waals surface area contributed by atoms with E-state index in [4.69, 9.17) is 9.47 Å². The van der Waals surface area contributed by atoms with E-state index in [0.29, 0.717) is 6.54 Å². The Kier molecular flexibility index (Phi) is 6.35. The third-order valence-corrected chi connectivity index (χ3v) is 5.18. The lowest BCUT2D eigenvalue weighted by atomic mass is 10.0. The smallest absolute Gasteiger partial charge is 0.234 e. The lowest BCUT2D eigenvalue weighted by Crippen LogP contribution is -2.38. The maximum atomic E-state index is 12.6. The van der Waals surface area contributed by atoms with Crippen LogP contribution < -0.4 is 14.8 Å². The van der Waals surface area contributed by atoms with Crippen molar-refractivity contribution >= 4 is 5.91 Å². The zero-order chi connectivity index (χ0) is 19.2. The molecule has 3 rings (SSSR count). The maximum absolute atomic E-state index is 12.6. The van der Waals surface area contributed by atoms with Crippen LogP contribution in [0.3, 0.4) is 0 Å². The fourth-order valence-electron chi connectivity index (χ4n) is 3.76. The molecule has 144 valence electrons. The van der Waals surface area contributed by atoms with Crippen LogP contribution in [-0.2, 0) is 4.79 Å². The molecule has 2 aromatic carbocycles. The highest BCUT2D eigenvalue weighted by molar-refractivity contribution is 5.78. The van der Waals surface area contributed by atoms with Crippen molar-refractivity contribution < 1.29 is 14.3 Å². The fraction of sp³-hybridized carbons (Fsp3) is 0.409. The van der Waals surface area contributed by atoms with E-state index in [1.807, 2.05) is 55.5 Å². The van der Waals surface area contributed by atoms with E-state index in [2.05, 4.69) is 10.2 Å². The number of methoxy groups -OCH3 is 2. The number of ether oxygens (including phenoxy) is 2. The van der Waals surface area contributed by atoms with Crippen molar-refractivity contribution in [3.8, 4) is 11.5 Å². The number of carbonyl (C=O) groups excluding carboxylic acids is 1. The average Bonchev–Trinajstić information content (AvgIpc) is 3.15. The van der Waals surface area contributed by atoms with Gasteiger partial charge < -0.3 is 14.8 Å². The molecule has 0 bridgehead atoms. The molecule has 1 fully saturated rings. The van der Waals surface area contributed by atoms with Crippen LogP contribution >= 0.6 is 0 Å². The highest BCUT2D eigenvalue weighted by Crippen LogP contribution is 2.38. The summed E-state index contributed by atoms with van der Waals surface area (Å²) in [5.41, 5.74) is 2.19. The molecular weight excluding hydrogens is 340 g/mol.